The molecule has 0 radical (unpaired) electrons. The summed E-state index contributed by atoms with van der Waals surface area (Å²) in [6.07, 6.45) is 0.0315. The number of amides is 2. The molecule has 5 nitrogen and oxygen atoms in total. The predicted molar refractivity (Wildman–Crippen MR) is 107 cm³/mol. The summed E-state index contributed by atoms with van der Waals surface area (Å²) in [6, 6.07) is 10.3. The molecule has 1 unspecified atom stereocenters. The van der Waals surface area contributed by atoms with Crippen molar-refractivity contribution >= 4 is 63.3 Å². The molecule has 0 saturated carbocycles. The SMILES string of the molecule is CN1C(=O)CC(C(=O)Nc2cc(Cl)cc(Cl)c2)SC1=Nc1ccc(F)cc1. The van der Waals surface area contributed by atoms with Gasteiger partial charge in [0.15, 0.2) is 5.17 Å². The Hall–Kier alpha value is -2.09. The van der Waals surface area contributed by atoms with Crippen LogP contribution in [0.4, 0.5) is 15.8 Å². The second kappa shape index (κ2) is 8.29. The lowest BCUT2D eigenvalue weighted by Crippen LogP contribution is -2.43. The minimum absolute atomic E-state index is 0.0315. The average molecular weight is 426 g/mol. The van der Waals surface area contributed by atoms with Crippen LogP contribution in [0.25, 0.3) is 0 Å². The van der Waals surface area contributed by atoms with Crippen LogP contribution in [-0.2, 0) is 9.59 Å². The second-order valence-corrected chi connectivity index (χ2v) is 7.82. The molecule has 1 fully saturated rings. The predicted octanol–water partition coefficient (Wildman–Crippen LogP) is 4.72. The Bertz CT molecular complexity index is 901. The number of hydrogen-bond acceptors (Lipinski definition) is 4. The Kier molecular flexibility index (Phi) is 6.04. The summed E-state index contributed by atoms with van der Waals surface area (Å²) in [5.74, 6) is -0.970. The van der Waals surface area contributed by atoms with Crippen molar-refractivity contribution in [3.63, 3.8) is 0 Å². The molecule has 1 aliphatic rings. The molecule has 9 heteroatoms. The number of anilines is 1. The Morgan fingerprint density at radius 1 is 1.22 bits per heavy atom. The molecule has 2 aromatic carbocycles. The number of carbonyl (C=O) groups is 2. The third-order valence-corrected chi connectivity index (χ3v) is 5.42. The fourth-order valence-corrected chi connectivity index (χ4v) is 3.96. The van der Waals surface area contributed by atoms with Gasteiger partial charge in [0.1, 0.15) is 11.1 Å². The number of thioether (sulfide) groups is 1. The van der Waals surface area contributed by atoms with E-state index in [-0.39, 0.29) is 24.1 Å². The number of aliphatic imine (C=N–C) groups is 1. The van der Waals surface area contributed by atoms with E-state index in [1.165, 1.54) is 29.2 Å². The van der Waals surface area contributed by atoms with Crippen LogP contribution in [0.15, 0.2) is 47.5 Å². The van der Waals surface area contributed by atoms with E-state index in [4.69, 9.17) is 23.2 Å². The Morgan fingerprint density at radius 3 is 2.48 bits per heavy atom. The van der Waals surface area contributed by atoms with Gasteiger partial charge in [-0.05, 0) is 42.5 Å². The number of nitrogens with one attached hydrogen (secondary N) is 1. The fraction of sp³-hybridized carbons (Fsp3) is 0.167. The van der Waals surface area contributed by atoms with Crippen molar-refractivity contribution in [1.82, 2.24) is 4.90 Å². The Labute approximate surface area is 169 Å². The molecule has 2 aromatic rings. The molecule has 0 aromatic heterocycles. The molecule has 1 aliphatic heterocycles. The summed E-state index contributed by atoms with van der Waals surface area (Å²) in [7, 11) is 1.59. The summed E-state index contributed by atoms with van der Waals surface area (Å²) in [5.41, 5.74) is 0.933. The highest BCUT2D eigenvalue weighted by Gasteiger charge is 2.34. The molecular formula is C18H14Cl2FN3O2S. The Morgan fingerprint density at radius 2 is 1.85 bits per heavy atom. The maximum absolute atomic E-state index is 13.0. The van der Waals surface area contributed by atoms with Gasteiger partial charge >= 0.3 is 0 Å². The molecule has 1 atom stereocenters. The van der Waals surface area contributed by atoms with Crippen molar-refractivity contribution in [2.24, 2.45) is 4.99 Å². The largest absolute Gasteiger partial charge is 0.325 e. The van der Waals surface area contributed by atoms with Gasteiger partial charge in [0.2, 0.25) is 11.8 Å². The summed E-state index contributed by atoms with van der Waals surface area (Å²) in [4.78, 5) is 30.6. The van der Waals surface area contributed by atoms with E-state index in [0.29, 0.717) is 26.6 Å². The van der Waals surface area contributed by atoms with Gasteiger partial charge in [-0.25, -0.2) is 9.38 Å². The molecule has 1 heterocycles. The topological polar surface area (TPSA) is 61.8 Å². The van der Waals surface area contributed by atoms with E-state index in [1.807, 2.05) is 0 Å². The zero-order valence-electron chi connectivity index (χ0n) is 14.1. The normalized spacial score (nSPS) is 18.7. The van der Waals surface area contributed by atoms with E-state index in [9.17, 15) is 14.0 Å². The molecule has 1 N–H and O–H groups in total. The zero-order valence-corrected chi connectivity index (χ0v) is 16.4. The number of benzene rings is 2. The summed E-state index contributed by atoms with van der Waals surface area (Å²) in [5, 5.41) is 3.20. The average Bonchev–Trinajstić information content (AvgIpc) is 2.59. The monoisotopic (exact) mass is 425 g/mol. The van der Waals surface area contributed by atoms with E-state index < -0.39 is 5.25 Å². The van der Waals surface area contributed by atoms with Gasteiger partial charge in [0.25, 0.3) is 0 Å². The molecule has 3 rings (SSSR count). The number of halogens is 3. The lowest BCUT2D eigenvalue weighted by Gasteiger charge is -2.28. The Balaban J connectivity index is 1.78. The highest BCUT2D eigenvalue weighted by Crippen LogP contribution is 2.30. The van der Waals surface area contributed by atoms with E-state index in [0.717, 1.165) is 11.8 Å². The van der Waals surface area contributed by atoms with Gasteiger partial charge in [-0.15, -0.1) is 0 Å². The molecule has 1 saturated heterocycles. The standard InChI is InChI=1S/C18H14Cl2FN3O2S/c1-24-16(25)9-15(17(26)22-14-7-10(19)6-11(20)8-14)27-18(24)23-13-4-2-12(21)3-5-13/h2-8,15H,9H2,1H3,(H,22,26). The molecule has 0 aliphatic carbocycles. The van der Waals surface area contributed by atoms with Crippen molar-refractivity contribution in [3.8, 4) is 0 Å². The van der Waals surface area contributed by atoms with E-state index in [1.54, 1.807) is 25.2 Å². The first-order valence-electron chi connectivity index (χ1n) is 7.86. The summed E-state index contributed by atoms with van der Waals surface area (Å²) in [6.45, 7) is 0. The maximum atomic E-state index is 13.0. The van der Waals surface area contributed by atoms with Gasteiger partial charge < -0.3 is 5.32 Å². The number of amidine groups is 1. The van der Waals surface area contributed by atoms with Crippen molar-refractivity contribution in [1.29, 1.82) is 0 Å². The minimum atomic E-state index is -0.661. The zero-order chi connectivity index (χ0) is 19.6. The number of nitrogens with zero attached hydrogens (tertiary/aromatic N) is 2. The van der Waals surface area contributed by atoms with Crippen molar-refractivity contribution in [3.05, 3.63) is 58.3 Å². The smallest absolute Gasteiger partial charge is 0.238 e. The third kappa shape index (κ3) is 5.00. The second-order valence-electron chi connectivity index (χ2n) is 5.78. The molecule has 0 spiro atoms. The lowest BCUT2D eigenvalue weighted by molar-refractivity contribution is -0.128. The molecule has 140 valence electrons. The van der Waals surface area contributed by atoms with Gasteiger partial charge in [-0.1, -0.05) is 35.0 Å². The van der Waals surface area contributed by atoms with Crippen molar-refractivity contribution in [2.45, 2.75) is 11.7 Å². The van der Waals surface area contributed by atoms with Crippen LogP contribution in [-0.4, -0.2) is 34.2 Å². The fourth-order valence-electron chi connectivity index (χ4n) is 2.37. The van der Waals surface area contributed by atoms with Crippen molar-refractivity contribution in [2.75, 3.05) is 12.4 Å². The van der Waals surface area contributed by atoms with Crippen LogP contribution in [0, 0.1) is 5.82 Å². The van der Waals surface area contributed by atoms with Gasteiger partial charge in [0, 0.05) is 29.2 Å². The van der Waals surface area contributed by atoms with Crippen LogP contribution < -0.4 is 5.32 Å². The first-order chi connectivity index (χ1) is 12.8. The molecule has 2 amide bonds. The van der Waals surface area contributed by atoms with Crippen LogP contribution in [0.3, 0.4) is 0 Å². The van der Waals surface area contributed by atoms with Crippen LogP contribution in [0.2, 0.25) is 10.0 Å². The van der Waals surface area contributed by atoms with E-state index in [2.05, 4.69) is 10.3 Å². The van der Waals surface area contributed by atoms with Gasteiger partial charge in [0.05, 0.1) is 5.69 Å². The number of hydrogen-bond donors (Lipinski definition) is 1. The first kappa shape index (κ1) is 19.7. The number of carbonyl (C=O) groups excluding carboxylic acids is 2. The summed E-state index contributed by atoms with van der Waals surface area (Å²) < 4.78 is 13.0. The summed E-state index contributed by atoms with van der Waals surface area (Å²) >= 11 is 13.0. The van der Waals surface area contributed by atoms with E-state index >= 15 is 0 Å². The minimum Gasteiger partial charge on any atom is -0.325 e. The highest BCUT2D eigenvalue weighted by molar-refractivity contribution is 8.15. The maximum Gasteiger partial charge on any atom is 0.238 e. The lowest BCUT2D eigenvalue weighted by atomic mass is 10.2. The first-order valence-corrected chi connectivity index (χ1v) is 9.50. The van der Waals surface area contributed by atoms with Crippen LogP contribution in [0.1, 0.15) is 6.42 Å². The molecule has 27 heavy (non-hydrogen) atoms. The third-order valence-electron chi connectivity index (χ3n) is 3.74. The van der Waals surface area contributed by atoms with Crippen LogP contribution in [0.5, 0.6) is 0 Å². The molecule has 0 bridgehead atoms. The van der Waals surface area contributed by atoms with Crippen molar-refractivity contribution < 1.29 is 14.0 Å². The number of rotatable bonds is 3. The van der Waals surface area contributed by atoms with Crippen LogP contribution >= 0.6 is 35.0 Å². The molecular weight excluding hydrogens is 412 g/mol. The van der Waals surface area contributed by atoms with Gasteiger partial charge in [-0.3, -0.25) is 14.5 Å². The highest BCUT2D eigenvalue weighted by atomic mass is 35.5. The quantitative estimate of drug-likeness (QED) is 0.773. The van der Waals surface area contributed by atoms with Gasteiger partial charge in [-0.2, -0.15) is 0 Å².